The molecule has 0 aliphatic carbocycles. The van der Waals surface area contributed by atoms with Gasteiger partial charge in [-0.15, -0.1) is 0 Å². The molecular formula is C9H18N2. The molecule has 2 nitrogen and oxygen atoms in total. The van der Waals surface area contributed by atoms with E-state index >= 15 is 0 Å². The van der Waals surface area contributed by atoms with E-state index in [1.165, 1.54) is 5.57 Å². The van der Waals surface area contributed by atoms with E-state index in [1.807, 2.05) is 0 Å². The number of nitrogens with zero attached hydrogens (tertiary/aromatic N) is 1. The second-order valence-corrected chi connectivity index (χ2v) is 2.63. The van der Waals surface area contributed by atoms with Crippen molar-refractivity contribution in [1.82, 2.24) is 10.2 Å². The molecule has 0 bridgehead atoms. The molecule has 0 saturated carbocycles. The van der Waals surface area contributed by atoms with E-state index in [2.05, 4.69) is 43.9 Å². The number of nitrogens with one attached hydrogen (secondary N) is 1. The molecule has 2 heteroatoms. The summed E-state index contributed by atoms with van der Waals surface area (Å²) in [6.45, 7) is 9.74. The second-order valence-electron chi connectivity index (χ2n) is 2.63. The lowest BCUT2D eigenvalue weighted by Gasteiger charge is -2.12. The molecule has 0 aromatic carbocycles. The highest BCUT2D eigenvalue weighted by Gasteiger charge is 1.88. The first-order valence-corrected chi connectivity index (χ1v) is 3.92. The molecule has 0 unspecified atom stereocenters. The molecule has 0 fully saturated rings. The van der Waals surface area contributed by atoms with Gasteiger partial charge < -0.3 is 10.2 Å². The van der Waals surface area contributed by atoms with E-state index in [1.54, 1.807) is 6.20 Å². The van der Waals surface area contributed by atoms with Gasteiger partial charge in [0.05, 0.1) is 0 Å². The SMILES string of the molecule is C=CNC/C(C)=C/N(C)CC. The first kappa shape index (κ1) is 10.1. The minimum atomic E-state index is 0.883. The lowest BCUT2D eigenvalue weighted by atomic mass is 10.3. The van der Waals surface area contributed by atoms with Crippen LogP contribution in [0.25, 0.3) is 0 Å². The van der Waals surface area contributed by atoms with Crippen LogP contribution in [0.3, 0.4) is 0 Å². The lowest BCUT2D eigenvalue weighted by molar-refractivity contribution is 0.478. The van der Waals surface area contributed by atoms with Gasteiger partial charge in [0.25, 0.3) is 0 Å². The Morgan fingerprint density at radius 2 is 2.27 bits per heavy atom. The van der Waals surface area contributed by atoms with Crippen molar-refractivity contribution < 1.29 is 0 Å². The average molecular weight is 154 g/mol. The van der Waals surface area contributed by atoms with Crippen molar-refractivity contribution in [3.63, 3.8) is 0 Å². The third-order valence-electron chi connectivity index (χ3n) is 1.46. The third-order valence-corrected chi connectivity index (χ3v) is 1.46. The van der Waals surface area contributed by atoms with E-state index in [9.17, 15) is 0 Å². The van der Waals surface area contributed by atoms with Gasteiger partial charge in [-0.2, -0.15) is 0 Å². The Morgan fingerprint density at radius 1 is 1.64 bits per heavy atom. The smallest absolute Gasteiger partial charge is 0.0368 e. The van der Waals surface area contributed by atoms with Crippen molar-refractivity contribution in [2.75, 3.05) is 20.1 Å². The van der Waals surface area contributed by atoms with Crippen LogP contribution in [0.1, 0.15) is 13.8 Å². The minimum absolute atomic E-state index is 0.883. The molecule has 0 saturated heterocycles. The van der Waals surface area contributed by atoms with E-state index in [4.69, 9.17) is 0 Å². The Balaban J connectivity index is 3.69. The maximum absolute atomic E-state index is 3.58. The maximum Gasteiger partial charge on any atom is 0.0368 e. The van der Waals surface area contributed by atoms with Gasteiger partial charge in [0.1, 0.15) is 0 Å². The lowest BCUT2D eigenvalue weighted by Crippen LogP contribution is -2.14. The number of hydrogen-bond acceptors (Lipinski definition) is 2. The van der Waals surface area contributed by atoms with Crippen LogP contribution in [-0.4, -0.2) is 25.0 Å². The zero-order valence-electron chi connectivity index (χ0n) is 7.72. The molecule has 0 amide bonds. The summed E-state index contributed by atoms with van der Waals surface area (Å²) in [4.78, 5) is 2.15. The molecule has 0 atom stereocenters. The normalized spacial score (nSPS) is 11.0. The Bertz CT molecular complexity index is 138. The summed E-state index contributed by atoms with van der Waals surface area (Å²) in [5.74, 6) is 0. The van der Waals surface area contributed by atoms with E-state index in [0.29, 0.717) is 0 Å². The Labute approximate surface area is 69.6 Å². The van der Waals surface area contributed by atoms with Gasteiger partial charge in [0.2, 0.25) is 0 Å². The fourth-order valence-corrected chi connectivity index (χ4v) is 0.746. The molecule has 0 heterocycles. The van der Waals surface area contributed by atoms with Gasteiger partial charge in [-0.1, -0.05) is 6.58 Å². The van der Waals surface area contributed by atoms with Gasteiger partial charge in [-0.05, 0) is 31.8 Å². The van der Waals surface area contributed by atoms with Crippen LogP contribution in [0.5, 0.6) is 0 Å². The summed E-state index contributed by atoms with van der Waals surface area (Å²) in [5, 5.41) is 3.05. The molecule has 0 aromatic rings. The highest BCUT2D eigenvalue weighted by molar-refractivity contribution is 4.99. The van der Waals surface area contributed by atoms with Crippen LogP contribution < -0.4 is 5.32 Å². The van der Waals surface area contributed by atoms with Gasteiger partial charge in [-0.3, -0.25) is 0 Å². The average Bonchev–Trinajstić information content (AvgIpc) is 2.00. The van der Waals surface area contributed by atoms with Crippen LogP contribution in [0.15, 0.2) is 24.6 Å². The predicted octanol–water partition coefficient (Wildman–Crippen LogP) is 1.57. The van der Waals surface area contributed by atoms with Crippen LogP contribution >= 0.6 is 0 Å². The predicted molar refractivity (Wildman–Crippen MR) is 50.3 cm³/mol. The van der Waals surface area contributed by atoms with Crippen molar-refractivity contribution in [2.45, 2.75) is 13.8 Å². The largest absolute Gasteiger partial charge is 0.388 e. The molecule has 0 spiro atoms. The Kier molecular flexibility index (Phi) is 5.35. The summed E-state index contributed by atoms with van der Waals surface area (Å²) in [6, 6.07) is 0. The second kappa shape index (κ2) is 5.83. The van der Waals surface area contributed by atoms with Crippen LogP contribution in [0.2, 0.25) is 0 Å². The quantitative estimate of drug-likeness (QED) is 0.646. The highest BCUT2D eigenvalue weighted by atomic mass is 15.1. The van der Waals surface area contributed by atoms with E-state index in [-0.39, 0.29) is 0 Å². The molecule has 0 aromatic heterocycles. The van der Waals surface area contributed by atoms with Crippen molar-refractivity contribution in [1.29, 1.82) is 0 Å². The van der Waals surface area contributed by atoms with Crippen LogP contribution in [0.4, 0.5) is 0 Å². The minimum Gasteiger partial charge on any atom is -0.388 e. The van der Waals surface area contributed by atoms with Crippen molar-refractivity contribution in [3.05, 3.63) is 24.6 Å². The third kappa shape index (κ3) is 5.52. The maximum atomic E-state index is 3.58. The highest BCUT2D eigenvalue weighted by Crippen LogP contribution is 1.92. The first-order valence-electron chi connectivity index (χ1n) is 3.92. The summed E-state index contributed by atoms with van der Waals surface area (Å²) >= 11 is 0. The molecule has 0 aliphatic rings. The van der Waals surface area contributed by atoms with Crippen LogP contribution in [0, 0.1) is 0 Å². The number of rotatable bonds is 5. The van der Waals surface area contributed by atoms with Gasteiger partial charge >= 0.3 is 0 Å². The van der Waals surface area contributed by atoms with E-state index < -0.39 is 0 Å². The van der Waals surface area contributed by atoms with E-state index in [0.717, 1.165) is 13.1 Å². The molecule has 64 valence electrons. The van der Waals surface area contributed by atoms with Gasteiger partial charge in [0, 0.05) is 20.1 Å². The Hall–Kier alpha value is -0.920. The topological polar surface area (TPSA) is 15.3 Å². The molecule has 0 rings (SSSR count). The monoisotopic (exact) mass is 154 g/mol. The van der Waals surface area contributed by atoms with Crippen molar-refractivity contribution in [2.24, 2.45) is 0 Å². The van der Waals surface area contributed by atoms with Crippen LogP contribution in [-0.2, 0) is 0 Å². The summed E-state index contributed by atoms with van der Waals surface area (Å²) in [6.07, 6.45) is 3.85. The molecule has 0 radical (unpaired) electrons. The van der Waals surface area contributed by atoms with Gasteiger partial charge in [0.15, 0.2) is 0 Å². The number of hydrogen-bond donors (Lipinski definition) is 1. The summed E-state index contributed by atoms with van der Waals surface area (Å²) < 4.78 is 0. The molecule has 11 heavy (non-hydrogen) atoms. The molecular weight excluding hydrogens is 136 g/mol. The van der Waals surface area contributed by atoms with Crippen molar-refractivity contribution in [3.8, 4) is 0 Å². The zero-order chi connectivity index (χ0) is 8.69. The standard InChI is InChI=1S/C9H18N2/c1-5-10-7-9(3)8-11(4)6-2/h5,8,10H,1,6-7H2,2-4H3/b9-8+. The molecule has 0 aliphatic heterocycles. The van der Waals surface area contributed by atoms with Crippen molar-refractivity contribution >= 4 is 0 Å². The zero-order valence-corrected chi connectivity index (χ0v) is 7.72. The first-order chi connectivity index (χ1) is 5.20. The van der Waals surface area contributed by atoms with Gasteiger partial charge in [-0.25, -0.2) is 0 Å². The fraction of sp³-hybridized carbons (Fsp3) is 0.556. The summed E-state index contributed by atoms with van der Waals surface area (Å²) in [7, 11) is 2.07. The fourth-order valence-electron chi connectivity index (χ4n) is 0.746. The summed E-state index contributed by atoms with van der Waals surface area (Å²) in [5.41, 5.74) is 1.31. The Morgan fingerprint density at radius 3 is 2.73 bits per heavy atom. The molecule has 1 N–H and O–H groups in total.